The molecule has 4 aliphatic rings. The number of rotatable bonds is 3. The predicted molar refractivity (Wildman–Crippen MR) is 69.7 cm³/mol. The van der Waals surface area contributed by atoms with Crippen LogP contribution in [-0.4, -0.2) is 18.5 Å². The summed E-state index contributed by atoms with van der Waals surface area (Å²) in [6.07, 6.45) is 8.94. The van der Waals surface area contributed by atoms with E-state index >= 15 is 0 Å². The van der Waals surface area contributed by atoms with Gasteiger partial charge in [0.25, 0.3) is 0 Å². The van der Waals surface area contributed by atoms with E-state index in [4.69, 9.17) is 5.73 Å². The van der Waals surface area contributed by atoms with Gasteiger partial charge in [-0.3, -0.25) is 4.79 Å². The van der Waals surface area contributed by atoms with Gasteiger partial charge in [-0.1, -0.05) is 6.42 Å². The molecule has 0 aromatic rings. The van der Waals surface area contributed by atoms with Crippen LogP contribution in [0.1, 0.15) is 44.9 Å². The minimum Gasteiger partial charge on any atom is -0.353 e. The number of carbonyl (C=O) groups is 1. The Morgan fingerprint density at radius 1 is 1.17 bits per heavy atom. The van der Waals surface area contributed by atoms with Crippen LogP contribution < -0.4 is 11.1 Å². The van der Waals surface area contributed by atoms with E-state index < -0.39 is 0 Å². The van der Waals surface area contributed by atoms with Crippen molar-refractivity contribution in [1.82, 2.24) is 5.32 Å². The number of hydrogen-bond donors (Lipinski definition) is 2. The monoisotopic (exact) mass is 248 g/mol. The maximum Gasteiger partial charge on any atom is 0.227 e. The van der Waals surface area contributed by atoms with Crippen LogP contribution in [0.4, 0.5) is 0 Å². The molecule has 0 aromatic heterocycles. The Morgan fingerprint density at radius 2 is 1.94 bits per heavy atom. The number of fused-ring (bicyclic) bond motifs is 5. The smallest absolute Gasteiger partial charge is 0.227 e. The Kier molecular flexibility index (Phi) is 2.33. The molecule has 0 aromatic carbocycles. The molecule has 0 aliphatic heterocycles. The minimum atomic E-state index is -0.170. The molecule has 1 amide bonds. The fraction of sp³-hybridized carbons (Fsp3) is 0.933. The van der Waals surface area contributed by atoms with Gasteiger partial charge in [0, 0.05) is 12.6 Å². The number of nitrogens with two attached hydrogens (primary N) is 1. The summed E-state index contributed by atoms with van der Waals surface area (Å²) < 4.78 is 0. The zero-order valence-corrected chi connectivity index (χ0v) is 11.0. The van der Waals surface area contributed by atoms with Crippen LogP contribution in [-0.2, 0) is 4.79 Å². The molecule has 4 saturated carbocycles. The van der Waals surface area contributed by atoms with Crippen LogP contribution in [0.15, 0.2) is 0 Å². The molecule has 5 unspecified atom stereocenters. The van der Waals surface area contributed by atoms with Crippen molar-refractivity contribution < 1.29 is 4.79 Å². The van der Waals surface area contributed by atoms with Gasteiger partial charge in [-0.2, -0.15) is 0 Å². The van der Waals surface area contributed by atoms with Crippen molar-refractivity contribution >= 4 is 5.91 Å². The minimum absolute atomic E-state index is 0.170. The largest absolute Gasteiger partial charge is 0.353 e. The topological polar surface area (TPSA) is 55.1 Å². The first-order chi connectivity index (χ1) is 8.73. The standard InChI is InChI=1S/C15H24N2O/c16-8-15(4-5-15)14(18)17-13-7-9-6-12(13)11-3-1-2-10(9)11/h9-13H,1-8,16H2,(H,17,18). The van der Waals surface area contributed by atoms with Crippen molar-refractivity contribution in [3.8, 4) is 0 Å². The van der Waals surface area contributed by atoms with E-state index in [0.29, 0.717) is 12.6 Å². The van der Waals surface area contributed by atoms with Gasteiger partial charge in [-0.15, -0.1) is 0 Å². The van der Waals surface area contributed by atoms with E-state index in [2.05, 4.69) is 5.32 Å². The van der Waals surface area contributed by atoms with Gasteiger partial charge >= 0.3 is 0 Å². The second-order valence-corrected chi connectivity index (χ2v) is 7.22. The van der Waals surface area contributed by atoms with E-state index in [0.717, 1.165) is 36.5 Å². The average molecular weight is 248 g/mol. The van der Waals surface area contributed by atoms with Crippen LogP contribution >= 0.6 is 0 Å². The van der Waals surface area contributed by atoms with Gasteiger partial charge in [0.05, 0.1) is 5.41 Å². The summed E-state index contributed by atoms with van der Waals surface area (Å²) in [4.78, 5) is 12.3. The second-order valence-electron chi connectivity index (χ2n) is 7.22. The molecular formula is C15H24N2O. The summed E-state index contributed by atoms with van der Waals surface area (Å²) in [5.41, 5.74) is 5.57. The summed E-state index contributed by atoms with van der Waals surface area (Å²) in [6, 6.07) is 0.478. The van der Waals surface area contributed by atoms with Gasteiger partial charge in [0.15, 0.2) is 0 Å². The van der Waals surface area contributed by atoms with E-state index in [1.54, 1.807) is 0 Å². The van der Waals surface area contributed by atoms with Crippen LogP contribution in [0.3, 0.4) is 0 Å². The Balaban J connectivity index is 1.44. The zero-order valence-electron chi connectivity index (χ0n) is 11.0. The first-order valence-electron chi connectivity index (χ1n) is 7.74. The SMILES string of the molecule is NCC1(C(=O)NC2CC3CC2C2CCCC32)CC1. The van der Waals surface area contributed by atoms with E-state index in [9.17, 15) is 4.79 Å². The number of amides is 1. The summed E-state index contributed by atoms with van der Waals surface area (Å²) in [6.45, 7) is 0.533. The molecule has 4 rings (SSSR count). The van der Waals surface area contributed by atoms with E-state index in [-0.39, 0.29) is 11.3 Å². The summed E-state index contributed by atoms with van der Waals surface area (Å²) in [5.74, 6) is 3.91. The lowest BCUT2D eigenvalue weighted by Crippen LogP contribution is -2.47. The molecule has 18 heavy (non-hydrogen) atoms. The van der Waals surface area contributed by atoms with Gasteiger partial charge < -0.3 is 11.1 Å². The molecule has 0 spiro atoms. The lowest BCUT2D eigenvalue weighted by atomic mass is 9.79. The second kappa shape index (κ2) is 3.72. The van der Waals surface area contributed by atoms with Crippen molar-refractivity contribution in [3.63, 3.8) is 0 Å². The third-order valence-corrected chi connectivity index (χ3v) is 6.47. The number of hydrogen-bond acceptors (Lipinski definition) is 2. The third kappa shape index (κ3) is 1.43. The highest BCUT2D eigenvalue weighted by atomic mass is 16.2. The molecule has 4 aliphatic carbocycles. The van der Waals surface area contributed by atoms with Crippen LogP contribution in [0.5, 0.6) is 0 Å². The number of carbonyl (C=O) groups excluding carboxylic acids is 1. The van der Waals surface area contributed by atoms with Crippen molar-refractivity contribution in [2.45, 2.75) is 51.0 Å². The Morgan fingerprint density at radius 3 is 2.67 bits per heavy atom. The van der Waals surface area contributed by atoms with Crippen molar-refractivity contribution in [2.75, 3.05) is 6.54 Å². The Labute approximate surface area is 109 Å². The fourth-order valence-corrected chi connectivity index (χ4v) is 5.23. The van der Waals surface area contributed by atoms with Crippen LogP contribution in [0.25, 0.3) is 0 Å². The first kappa shape index (κ1) is 11.3. The lowest BCUT2D eigenvalue weighted by Gasteiger charge is -2.33. The van der Waals surface area contributed by atoms with Crippen molar-refractivity contribution in [3.05, 3.63) is 0 Å². The molecule has 3 heteroatoms. The predicted octanol–water partition coefficient (Wildman–Crippen LogP) is 1.67. The normalized spacial score (nSPS) is 47.1. The molecular weight excluding hydrogens is 224 g/mol. The highest BCUT2D eigenvalue weighted by molar-refractivity contribution is 5.85. The molecule has 0 radical (unpaired) electrons. The maximum absolute atomic E-state index is 12.3. The molecule has 0 heterocycles. The van der Waals surface area contributed by atoms with Gasteiger partial charge in [0.1, 0.15) is 0 Å². The molecule has 3 N–H and O–H groups in total. The lowest BCUT2D eigenvalue weighted by molar-refractivity contribution is -0.127. The molecule has 100 valence electrons. The average Bonchev–Trinajstić information content (AvgIpc) is 2.74. The third-order valence-electron chi connectivity index (χ3n) is 6.47. The maximum atomic E-state index is 12.3. The molecule has 2 bridgehead atoms. The Hall–Kier alpha value is -0.570. The quantitative estimate of drug-likeness (QED) is 0.798. The molecule has 0 saturated heterocycles. The Bertz CT molecular complexity index is 377. The van der Waals surface area contributed by atoms with Gasteiger partial charge in [-0.05, 0) is 62.2 Å². The van der Waals surface area contributed by atoms with Gasteiger partial charge in [0.2, 0.25) is 5.91 Å². The highest BCUT2D eigenvalue weighted by Crippen LogP contribution is 2.59. The summed E-state index contributed by atoms with van der Waals surface area (Å²) in [5, 5.41) is 3.36. The zero-order chi connectivity index (χ0) is 12.3. The highest BCUT2D eigenvalue weighted by Gasteiger charge is 2.56. The molecule has 4 fully saturated rings. The summed E-state index contributed by atoms with van der Waals surface area (Å²) >= 11 is 0. The number of nitrogens with one attached hydrogen (secondary N) is 1. The van der Waals surface area contributed by atoms with Crippen LogP contribution in [0, 0.1) is 29.1 Å². The van der Waals surface area contributed by atoms with Gasteiger partial charge in [-0.25, -0.2) is 0 Å². The molecule has 3 nitrogen and oxygen atoms in total. The van der Waals surface area contributed by atoms with Crippen molar-refractivity contribution in [2.24, 2.45) is 34.8 Å². The summed E-state index contributed by atoms with van der Waals surface area (Å²) in [7, 11) is 0. The van der Waals surface area contributed by atoms with Crippen molar-refractivity contribution in [1.29, 1.82) is 0 Å². The van der Waals surface area contributed by atoms with E-state index in [1.807, 2.05) is 0 Å². The fourth-order valence-electron chi connectivity index (χ4n) is 5.23. The first-order valence-corrected chi connectivity index (χ1v) is 7.74. The van der Waals surface area contributed by atoms with E-state index in [1.165, 1.54) is 32.1 Å². The molecule has 5 atom stereocenters. The van der Waals surface area contributed by atoms with Crippen LogP contribution in [0.2, 0.25) is 0 Å².